The Bertz CT molecular complexity index is 483. The van der Waals surface area contributed by atoms with Crippen molar-refractivity contribution in [2.24, 2.45) is 0 Å². The van der Waals surface area contributed by atoms with Crippen LogP contribution in [0.1, 0.15) is 6.42 Å². The van der Waals surface area contributed by atoms with Crippen molar-refractivity contribution >= 4 is 11.4 Å². The molecule has 1 fully saturated rings. The van der Waals surface area contributed by atoms with Gasteiger partial charge >= 0.3 is 0 Å². The fraction of sp³-hybridized carbons (Fsp3) is 0.455. The Morgan fingerprint density at radius 2 is 2.28 bits per heavy atom. The van der Waals surface area contributed by atoms with E-state index in [0.717, 1.165) is 12.1 Å². The molecule has 2 rings (SSSR count). The van der Waals surface area contributed by atoms with Crippen LogP contribution in [0.2, 0.25) is 0 Å². The summed E-state index contributed by atoms with van der Waals surface area (Å²) in [4.78, 5) is 11.6. The van der Waals surface area contributed by atoms with Crippen molar-refractivity contribution in [3.05, 3.63) is 34.1 Å². The number of halogens is 2. The molecule has 0 aliphatic carbocycles. The van der Waals surface area contributed by atoms with Gasteiger partial charge in [0.1, 0.15) is 11.5 Å². The Balaban J connectivity index is 2.32. The number of nitrogens with zero attached hydrogens (tertiary/aromatic N) is 2. The van der Waals surface area contributed by atoms with Crippen molar-refractivity contribution in [3.63, 3.8) is 0 Å². The lowest BCUT2D eigenvalue weighted by Gasteiger charge is -2.20. The van der Waals surface area contributed by atoms with E-state index in [9.17, 15) is 18.9 Å². The molecule has 0 spiro atoms. The van der Waals surface area contributed by atoms with Crippen LogP contribution in [-0.4, -0.2) is 35.4 Å². The zero-order chi connectivity index (χ0) is 13.3. The molecule has 18 heavy (non-hydrogen) atoms. The minimum absolute atomic E-state index is 0.0953. The van der Waals surface area contributed by atoms with Crippen LogP contribution < -0.4 is 4.90 Å². The highest BCUT2D eigenvalue weighted by molar-refractivity contribution is 5.64. The summed E-state index contributed by atoms with van der Waals surface area (Å²) in [7, 11) is 0. The van der Waals surface area contributed by atoms with Gasteiger partial charge in [0.2, 0.25) is 0 Å². The maximum absolute atomic E-state index is 13.9. The van der Waals surface area contributed by atoms with Gasteiger partial charge in [0.15, 0.2) is 5.67 Å². The van der Waals surface area contributed by atoms with Crippen molar-refractivity contribution in [2.45, 2.75) is 12.1 Å². The largest absolute Gasteiger partial charge is 0.393 e. The Labute approximate surface area is 102 Å². The van der Waals surface area contributed by atoms with Crippen LogP contribution in [0.3, 0.4) is 0 Å². The van der Waals surface area contributed by atoms with Gasteiger partial charge in [-0.1, -0.05) is 0 Å². The van der Waals surface area contributed by atoms with Crippen LogP contribution in [-0.2, 0) is 0 Å². The highest BCUT2D eigenvalue weighted by atomic mass is 19.1. The summed E-state index contributed by atoms with van der Waals surface area (Å²) in [6.45, 7) is -0.502. The molecule has 1 atom stereocenters. The Morgan fingerprint density at radius 1 is 1.56 bits per heavy atom. The van der Waals surface area contributed by atoms with E-state index in [1.165, 1.54) is 11.0 Å². The van der Waals surface area contributed by atoms with E-state index in [-0.39, 0.29) is 25.2 Å². The van der Waals surface area contributed by atoms with Crippen molar-refractivity contribution in [1.82, 2.24) is 0 Å². The van der Waals surface area contributed by atoms with E-state index < -0.39 is 28.7 Å². The van der Waals surface area contributed by atoms with Gasteiger partial charge in [-0.25, -0.2) is 8.78 Å². The molecule has 0 amide bonds. The third-order valence-electron chi connectivity index (χ3n) is 3.06. The minimum atomic E-state index is -1.75. The lowest BCUT2D eigenvalue weighted by Crippen LogP contribution is -2.32. The van der Waals surface area contributed by atoms with Gasteiger partial charge in [-0.2, -0.15) is 0 Å². The van der Waals surface area contributed by atoms with Crippen molar-refractivity contribution in [3.8, 4) is 0 Å². The highest BCUT2D eigenvalue weighted by Gasteiger charge is 2.39. The highest BCUT2D eigenvalue weighted by Crippen LogP contribution is 2.35. The molecular formula is C11H12F2N2O3. The van der Waals surface area contributed by atoms with Gasteiger partial charge in [-0.3, -0.25) is 10.1 Å². The average Bonchev–Trinajstić information content (AvgIpc) is 2.72. The van der Waals surface area contributed by atoms with E-state index in [1.807, 2.05) is 0 Å². The van der Waals surface area contributed by atoms with Crippen LogP contribution in [0.5, 0.6) is 0 Å². The zero-order valence-electron chi connectivity index (χ0n) is 9.47. The molecule has 1 heterocycles. The second kappa shape index (κ2) is 4.49. The minimum Gasteiger partial charge on any atom is -0.393 e. The van der Waals surface area contributed by atoms with E-state index in [4.69, 9.17) is 5.11 Å². The molecule has 1 aliphatic heterocycles. The predicted octanol–water partition coefficient (Wildman–Crippen LogP) is 1.64. The molecule has 1 aromatic rings. The van der Waals surface area contributed by atoms with Gasteiger partial charge < -0.3 is 10.0 Å². The van der Waals surface area contributed by atoms with Crippen LogP contribution in [0, 0.1) is 15.9 Å². The number of nitro benzene ring substituents is 1. The number of benzene rings is 1. The molecule has 1 saturated heterocycles. The number of aliphatic hydroxyl groups excluding tert-OH is 1. The van der Waals surface area contributed by atoms with Crippen molar-refractivity contribution in [1.29, 1.82) is 0 Å². The molecule has 0 unspecified atom stereocenters. The fourth-order valence-electron chi connectivity index (χ4n) is 2.08. The monoisotopic (exact) mass is 258 g/mol. The first-order valence-electron chi connectivity index (χ1n) is 5.44. The third kappa shape index (κ3) is 2.26. The average molecular weight is 258 g/mol. The normalized spacial score (nSPS) is 23.4. The van der Waals surface area contributed by atoms with Crippen LogP contribution >= 0.6 is 0 Å². The molecule has 7 heteroatoms. The summed E-state index contributed by atoms with van der Waals surface area (Å²) in [6.07, 6.45) is 0.0953. The van der Waals surface area contributed by atoms with Gasteiger partial charge in [0.25, 0.3) is 5.69 Å². The summed E-state index contributed by atoms with van der Waals surface area (Å²) < 4.78 is 26.8. The molecule has 0 aromatic heterocycles. The molecule has 0 bridgehead atoms. The van der Waals surface area contributed by atoms with Gasteiger partial charge in [0, 0.05) is 13.0 Å². The lowest BCUT2D eigenvalue weighted by molar-refractivity contribution is -0.384. The molecule has 1 aromatic carbocycles. The number of rotatable bonds is 3. The molecule has 1 aliphatic rings. The first-order valence-corrected chi connectivity index (χ1v) is 5.44. The second-order valence-corrected chi connectivity index (χ2v) is 4.37. The van der Waals surface area contributed by atoms with Crippen LogP contribution in [0.4, 0.5) is 20.2 Å². The first-order chi connectivity index (χ1) is 8.45. The lowest BCUT2D eigenvalue weighted by atomic mass is 10.1. The van der Waals surface area contributed by atoms with E-state index in [2.05, 4.69) is 0 Å². The smallest absolute Gasteiger partial charge is 0.295 e. The topological polar surface area (TPSA) is 66.6 Å². The summed E-state index contributed by atoms with van der Waals surface area (Å²) in [6, 6.07) is 3.17. The number of hydrogen-bond acceptors (Lipinski definition) is 4. The molecule has 5 nitrogen and oxygen atoms in total. The standard InChI is InChI=1S/C11H12F2N2O3/c12-8-1-2-9(10(5-8)15(17)18)14-4-3-11(13,6-14)7-16/h1-2,5,16H,3-4,6-7H2/t11-/m0/s1. The number of anilines is 1. The predicted molar refractivity (Wildman–Crippen MR) is 60.8 cm³/mol. The van der Waals surface area contributed by atoms with Crippen molar-refractivity contribution < 1.29 is 18.8 Å². The Hall–Kier alpha value is -1.76. The Morgan fingerprint density at radius 3 is 2.83 bits per heavy atom. The quantitative estimate of drug-likeness (QED) is 0.661. The zero-order valence-corrected chi connectivity index (χ0v) is 9.47. The van der Waals surface area contributed by atoms with Gasteiger partial charge in [0.05, 0.1) is 24.1 Å². The summed E-state index contributed by atoms with van der Waals surface area (Å²) >= 11 is 0. The van der Waals surface area contributed by atoms with Crippen LogP contribution in [0.25, 0.3) is 0 Å². The number of hydrogen-bond donors (Lipinski definition) is 1. The summed E-state index contributed by atoms with van der Waals surface area (Å²) in [5, 5.41) is 19.7. The SMILES string of the molecule is O=[N+]([O-])c1cc(F)ccc1N1CC[C@@](F)(CO)C1. The fourth-order valence-corrected chi connectivity index (χ4v) is 2.08. The molecule has 1 N–H and O–H groups in total. The molecule has 0 saturated carbocycles. The number of alkyl halides is 1. The van der Waals surface area contributed by atoms with E-state index in [1.54, 1.807) is 0 Å². The summed E-state index contributed by atoms with van der Waals surface area (Å²) in [5.74, 6) is -0.710. The maximum atomic E-state index is 13.9. The Kier molecular flexibility index (Phi) is 3.16. The number of aliphatic hydroxyl groups is 1. The second-order valence-electron chi connectivity index (χ2n) is 4.37. The molecular weight excluding hydrogens is 246 g/mol. The van der Waals surface area contributed by atoms with Crippen LogP contribution in [0.15, 0.2) is 18.2 Å². The molecule has 0 radical (unpaired) electrons. The number of nitro groups is 1. The maximum Gasteiger partial charge on any atom is 0.295 e. The first kappa shape index (κ1) is 12.7. The van der Waals surface area contributed by atoms with Gasteiger partial charge in [-0.05, 0) is 12.1 Å². The molecule has 98 valence electrons. The van der Waals surface area contributed by atoms with Gasteiger partial charge in [-0.15, -0.1) is 0 Å². The summed E-state index contributed by atoms with van der Waals surface area (Å²) in [5.41, 5.74) is -1.96. The van der Waals surface area contributed by atoms with Crippen molar-refractivity contribution in [2.75, 3.05) is 24.6 Å². The third-order valence-corrected chi connectivity index (χ3v) is 3.06. The van der Waals surface area contributed by atoms with E-state index in [0.29, 0.717) is 0 Å². The van der Waals surface area contributed by atoms with E-state index >= 15 is 0 Å².